The number of amides is 1. The highest BCUT2D eigenvalue weighted by Crippen LogP contribution is 2.20. The number of thioether (sulfide) groups is 1. The van der Waals surface area contributed by atoms with Crippen molar-refractivity contribution in [3.63, 3.8) is 0 Å². The number of carbonyl (C=O) groups is 1. The lowest BCUT2D eigenvalue weighted by atomic mass is 10.0. The van der Waals surface area contributed by atoms with E-state index in [4.69, 9.17) is 4.74 Å². The third kappa shape index (κ3) is 5.03. The summed E-state index contributed by atoms with van der Waals surface area (Å²) in [4.78, 5) is 13.4. The molecule has 2 rings (SSSR count). The van der Waals surface area contributed by atoms with Crippen molar-refractivity contribution in [2.75, 3.05) is 11.6 Å². The summed E-state index contributed by atoms with van der Waals surface area (Å²) in [5.41, 5.74) is 2.03. The van der Waals surface area contributed by atoms with Crippen molar-refractivity contribution in [1.29, 1.82) is 0 Å². The van der Waals surface area contributed by atoms with Crippen LogP contribution in [0, 0.1) is 0 Å². The van der Waals surface area contributed by atoms with Crippen LogP contribution in [0.25, 0.3) is 0 Å². The lowest BCUT2D eigenvalue weighted by molar-refractivity contribution is -0.122. The maximum absolute atomic E-state index is 12.2. The van der Waals surface area contributed by atoms with Gasteiger partial charge in [0, 0.05) is 10.6 Å². The van der Waals surface area contributed by atoms with E-state index < -0.39 is 6.10 Å². The number of hydrogen-bond acceptors (Lipinski definition) is 3. The van der Waals surface area contributed by atoms with Gasteiger partial charge in [0.25, 0.3) is 5.91 Å². The summed E-state index contributed by atoms with van der Waals surface area (Å²) in [5.74, 6) is 1.03. The van der Waals surface area contributed by atoms with E-state index in [-0.39, 0.29) is 5.91 Å². The third-order valence-electron chi connectivity index (χ3n) is 3.59. The molecule has 0 saturated heterocycles. The molecule has 122 valence electrons. The Hall–Kier alpha value is -1.94. The van der Waals surface area contributed by atoms with Crippen LogP contribution in [0.4, 0.5) is 5.69 Å². The molecule has 1 atom stereocenters. The van der Waals surface area contributed by atoms with Crippen LogP contribution in [0.15, 0.2) is 53.4 Å². The molecule has 0 saturated carbocycles. The highest BCUT2D eigenvalue weighted by atomic mass is 32.2. The summed E-state index contributed by atoms with van der Waals surface area (Å²) in [6.45, 7) is 6.05. The smallest absolute Gasteiger partial charge is 0.265 e. The van der Waals surface area contributed by atoms with Crippen LogP contribution in [0.3, 0.4) is 0 Å². The van der Waals surface area contributed by atoms with Crippen molar-refractivity contribution in [3.05, 3.63) is 54.1 Å². The molecular weight excluding hydrogens is 306 g/mol. The second kappa shape index (κ2) is 8.06. The first-order valence-corrected chi connectivity index (χ1v) is 8.93. The van der Waals surface area contributed by atoms with Crippen molar-refractivity contribution < 1.29 is 9.53 Å². The zero-order valence-corrected chi connectivity index (χ0v) is 14.8. The molecule has 3 nitrogen and oxygen atoms in total. The Kier molecular flexibility index (Phi) is 6.11. The number of anilines is 1. The Bertz CT molecular complexity index is 635. The molecule has 1 unspecified atom stereocenters. The summed E-state index contributed by atoms with van der Waals surface area (Å²) in [7, 11) is 0. The SMILES string of the molecule is CSc1ccc(NC(=O)C(C)Oc2ccc(C(C)C)cc2)cc1. The first kappa shape index (κ1) is 17.4. The molecule has 1 N–H and O–H groups in total. The van der Waals surface area contributed by atoms with Gasteiger partial charge in [-0.1, -0.05) is 26.0 Å². The molecule has 0 radical (unpaired) electrons. The van der Waals surface area contributed by atoms with Crippen molar-refractivity contribution in [1.82, 2.24) is 0 Å². The lowest BCUT2D eigenvalue weighted by Crippen LogP contribution is -2.30. The van der Waals surface area contributed by atoms with Gasteiger partial charge in [-0.3, -0.25) is 4.79 Å². The fourth-order valence-corrected chi connectivity index (χ4v) is 2.52. The molecule has 0 aliphatic carbocycles. The summed E-state index contributed by atoms with van der Waals surface area (Å²) in [5, 5.41) is 2.87. The standard InChI is InChI=1S/C19H23NO2S/c1-13(2)15-5-9-17(10-6-15)22-14(3)19(21)20-16-7-11-18(23-4)12-8-16/h5-14H,1-4H3,(H,20,21). The number of ether oxygens (including phenoxy) is 1. The second-order valence-electron chi connectivity index (χ2n) is 5.70. The molecule has 0 aliphatic heterocycles. The summed E-state index contributed by atoms with van der Waals surface area (Å²) < 4.78 is 5.71. The number of rotatable bonds is 6. The number of carbonyl (C=O) groups excluding carboxylic acids is 1. The minimum atomic E-state index is -0.555. The molecule has 0 heterocycles. The predicted molar refractivity (Wildman–Crippen MR) is 97.5 cm³/mol. The Morgan fingerprint density at radius 2 is 1.61 bits per heavy atom. The molecule has 0 bridgehead atoms. The number of benzene rings is 2. The summed E-state index contributed by atoms with van der Waals surface area (Å²) in [6.07, 6.45) is 1.47. The van der Waals surface area contributed by atoms with Crippen LogP contribution in [0.5, 0.6) is 5.75 Å². The molecular formula is C19H23NO2S. The Balaban J connectivity index is 1.93. The van der Waals surface area contributed by atoms with Crippen LogP contribution < -0.4 is 10.1 Å². The van der Waals surface area contributed by atoms with Gasteiger partial charge in [0.05, 0.1) is 0 Å². The highest BCUT2D eigenvalue weighted by molar-refractivity contribution is 7.98. The van der Waals surface area contributed by atoms with E-state index in [0.29, 0.717) is 11.7 Å². The Morgan fingerprint density at radius 3 is 2.13 bits per heavy atom. The van der Waals surface area contributed by atoms with Gasteiger partial charge >= 0.3 is 0 Å². The zero-order valence-electron chi connectivity index (χ0n) is 14.0. The van der Waals surface area contributed by atoms with Gasteiger partial charge in [-0.2, -0.15) is 0 Å². The van der Waals surface area contributed by atoms with Gasteiger partial charge in [-0.05, 0) is 61.1 Å². The minimum Gasteiger partial charge on any atom is -0.481 e. The number of nitrogens with one attached hydrogen (secondary N) is 1. The van der Waals surface area contributed by atoms with E-state index in [0.717, 1.165) is 10.6 Å². The van der Waals surface area contributed by atoms with Crippen LogP contribution in [0.2, 0.25) is 0 Å². The molecule has 0 aliphatic rings. The average molecular weight is 329 g/mol. The van der Waals surface area contributed by atoms with Crippen molar-refractivity contribution in [3.8, 4) is 5.75 Å². The molecule has 2 aromatic carbocycles. The van der Waals surface area contributed by atoms with E-state index in [9.17, 15) is 4.79 Å². The lowest BCUT2D eigenvalue weighted by Gasteiger charge is -2.15. The van der Waals surface area contributed by atoms with Crippen LogP contribution in [-0.4, -0.2) is 18.3 Å². The second-order valence-corrected chi connectivity index (χ2v) is 6.58. The van der Waals surface area contributed by atoms with Gasteiger partial charge in [0.15, 0.2) is 6.10 Å². The summed E-state index contributed by atoms with van der Waals surface area (Å²) in [6, 6.07) is 15.6. The van der Waals surface area contributed by atoms with Crippen molar-refractivity contribution in [2.45, 2.75) is 37.7 Å². The fraction of sp³-hybridized carbons (Fsp3) is 0.316. The topological polar surface area (TPSA) is 38.3 Å². The van der Waals surface area contributed by atoms with Crippen LogP contribution in [0.1, 0.15) is 32.3 Å². The molecule has 0 aromatic heterocycles. The fourth-order valence-electron chi connectivity index (χ4n) is 2.11. The predicted octanol–water partition coefficient (Wildman–Crippen LogP) is 4.94. The van der Waals surface area contributed by atoms with Crippen molar-refractivity contribution >= 4 is 23.4 Å². The first-order chi connectivity index (χ1) is 11.0. The minimum absolute atomic E-state index is 0.158. The van der Waals surface area contributed by atoms with Gasteiger partial charge < -0.3 is 10.1 Å². The number of hydrogen-bond donors (Lipinski definition) is 1. The quantitative estimate of drug-likeness (QED) is 0.763. The zero-order chi connectivity index (χ0) is 16.8. The van der Waals surface area contributed by atoms with Gasteiger partial charge in [0.1, 0.15) is 5.75 Å². The third-order valence-corrected chi connectivity index (χ3v) is 4.33. The Labute approximate surface area is 142 Å². The largest absolute Gasteiger partial charge is 0.481 e. The van der Waals surface area contributed by atoms with E-state index >= 15 is 0 Å². The normalized spacial score (nSPS) is 12.0. The van der Waals surface area contributed by atoms with E-state index in [1.807, 2.05) is 54.8 Å². The van der Waals surface area contributed by atoms with E-state index in [1.165, 1.54) is 5.56 Å². The van der Waals surface area contributed by atoms with Crippen LogP contribution >= 0.6 is 11.8 Å². The monoisotopic (exact) mass is 329 g/mol. The molecule has 1 amide bonds. The van der Waals surface area contributed by atoms with Gasteiger partial charge in [0.2, 0.25) is 0 Å². The van der Waals surface area contributed by atoms with Crippen molar-refractivity contribution in [2.24, 2.45) is 0 Å². The first-order valence-electron chi connectivity index (χ1n) is 7.71. The maximum atomic E-state index is 12.2. The molecule has 2 aromatic rings. The van der Waals surface area contributed by atoms with Gasteiger partial charge in [-0.15, -0.1) is 11.8 Å². The summed E-state index contributed by atoms with van der Waals surface area (Å²) >= 11 is 1.67. The molecule has 0 fully saturated rings. The van der Waals surface area contributed by atoms with E-state index in [1.54, 1.807) is 18.7 Å². The average Bonchev–Trinajstić information content (AvgIpc) is 2.56. The molecule has 4 heteroatoms. The maximum Gasteiger partial charge on any atom is 0.265 e. The van der Waals surface area contributed by atoms with E-state index in [2.05, 4.69) is 19.2 Å². The van der Waals surface area contributed by atoms with Gasteiger partial charge in [-0.25, -0.2) is 0 Å². The molecule has 23 heavy (non-hydrogen) atoms. The Morgan fingerprint density at radius 1 is 1.00 bits per heavy atom. The molecule has 0 spiro atoms. The highest BCUT2D eigenvalue weighted by Gasteiger charge is 2.15. The van der Waals surface area contributed by atoms with Crippen LogP contribution in [-0.2, 0) is 4.79 Å².